The van der Waals surface area contributed by atoms with Gasteiger partial charge in [-0.25, -0.2) is 0 Å². The highest BCUT2D eigenvalue weighted by Crippen LogP contribution is 2.43. The number of carbonyl (C=O) groups excluding carboxylic acids is 1. The Bertz CT molecular complexity index is 255. The molecule has 3 nitrogen and oxygen atoms in total. The quantitative estimate of drug-likeness (QED) is 0.769. The zero-order chi connectivity index (χ0) is 13.2. The molecule has 0 bridgehead atoms. The second-order valence-electron chi connectivity index (χ2n) is 6.00. The van der Waals surface area contributed by atoms with Gasteiger partial charge < -0.3 is 9.74 Å². The Hall–Kier alpha value is -0.353. The molecule has 1 unspecified atom stereocenters. The van der Waals surface area contributed by atoms with E-state index in [0.717, 1.165) is 13.0 Å². The van der Waals surface area contributed by atoms with Gasteiger partial charge >= 0.3 is 0 Å². The molecule has 0 aromatic heterocycles. The molecule has 4 heteroatoms. The van der Waals surface area contributed by atoms with Gasteiger partial charge in [0.05, 0.1) is 0 Å². The third-order valence-electron chi connectivity index (χ3n) is 4.05. The summed E-state index contributed by atoms with van der Waals surface area (Å²) in [7, 11) is -1.90. The van der Waals surface area contributed by atoms with Gasteiger partial charge in [-0.1, -0.05) is 41.5 Å². The first-order chi connectivity index (χ1) is 7.82. The van der Waals surface area contributed by atoms with Crippen LogP contribution in [-0.4, -0.2) is 26.9 Å². The molecule has 0 saturated carbocycles. The van der Waals surface area contributed by atoms with E-state index in [4.69, 9.17) is 4.43 Å². The highest BCUT2D eigenvalue weighted by molar-refractivity contribution is 6.77. The van der Waals surface area contributed by atoms with Crippen LogP contribution in [0.4, 0.5) is 0 Å². The molecule has 0 aromatic rings. The fraction of sp³-hybridized carbons (Fsp3) is 0.923. The lowest BCUT2D eigenvalue weighted by Crippen LogP contribution is -2.51. The number of amides is 1. The van der Waals surface area contributed by atoms with Crippen LogP contribution in [0.5, 0.6) is 0 Å². The van der Waals surface area contributed by atoms with E-state index in [1.54, 1.807) is 0 Å². The van der Waals surface area contributed by atoms with E-state index >= 15 is 0 Å². The van der Waals surface area contributed by atoms with Crippen molar-refractivity contribution in [3.05, 3.63) is 0 Å². The summed E-state index contributed by atoms with van der Waals surface area (Å²) in [5, 5.41) is 2.87. The van der Waals surface area contributed by atoms with Gasteiger partial charge in [-0.3, -0.25) is 4.79 Å². The predicted octanol–water partition coefficient (Wildman–Crippen LogP) is 3.07. The van der Waals surface area contributed by atoms with Crippen molar-refractivity contribution < 1.29 is 9.22 Å². The molecule has 1 saturated heterocycles. The first kappa shape index (κ1) is 14.7. The van der Waals surface area contributed by atoms with Gasteiger partial charge in [-0.05, 0) is 23.0 Å². The summed E-state index contributed by atoms with van der Waals surface area (Å²) in [6.07, 6.45) is 0.633. The summed E-state index contributed by atoms with van der Waals surface area (Å²) in [6.45, 7) is 14.3. The van der Waals surface area contributed by atoms with Crippen molar-refractivity contribution in [1.82, 2.24) is 5.32 Å². The summed E-state index contributed by atoms with van der Waals surface area (Å²) in [6, 6.07) is 0. The molecule has 0 spiro atoms. The molecule has 1 aliphatic heterocycles. The van der Waals surface area contributed by atoms with Crippen molar-refractivity contribution in [1.29, 1.82) is 0 Å². The average molecular weight is 257 g/mol. The molecule has 1 rings (SSSR count). The first-order valence-electron chi connectivity index (χ1n) is 6.77. The molecule has 1 fully saturated rings. The minimum atomic E-state index is -1.90. The van der Waals surface area contributed by atoms with Gasteiger partial charge in [0.1, 0.15) is 6.10 Å². The van der Waals surface area contributed by atoms with Crippen LogP contribution in [0.15, 0.2) is 0 Å². The van der Waals surface area contributed by atoms with Crippen LogP contribution in [0.2, 0.25) is 16.6 Å². The molecule has 17 heavy (non-hydrogen) atoms. The number of carbonyl (C=O) groups is 1. The van der Waals surface area contributed by atoms with Gasteiger partial charge in [-0.2, -0.15) is 0 Å². The minimum absolute atomic E-state index is 0.0869. The van der Waals surface area contributed by atoms with Gasteiger partial charge in [0, 0.05) is 6.54 Å². The van der Waals surface area contributed by atoms with Gasteiger partial charge in [0.25, 0.3) is 0 Å². The largest absolute Gasteiger partial charge is 0.404 e. The minimum Gasteiger partial charge on any atom is -0.404 e. The maximum atomic E-state index is 11.7. The monoisotopic (exact) mass is 257 g/mol. The zero-order valence-electron chi connectivity index (χ0n) is 12.0. The predicted molar refractivity (Wildman–Crippen MR) is 73.5 cm³/mol. The SMILES string of the molecule is CC(C)[Si](OC1CCNC1=O)(C(C)C)C(C)C. The topological polar surface area (TPSA) is 38.3 Å². The number of rotatable bonds is 5. The Balaban J connectivity index is 2.93. The summed E-state index contributed by atoms with van der Waals surface area (Å²) in [5.74, 6) is 0.0869. The van der Waals surface area contributed by atoms with Crippen molar-refractivity contribution in [2.24, 2.45) is 0 Å². The molecule has 0 radical (unpaired) electrons. The van der Waals surface area contributed by atoms with E-state index < -0.39 is 8.32 Å². The van der Waals surface area contributed by atoms with E-state index in [0.29, 0.717) is 16.6 Å². The Labute approximate surface area is 106 Å². The van der Waals surface area contributed by atoms with Crippen molar-refractivity contribution in [3.63, 3.8) is 0 Å². The van der Waals surface area contributed by atoms with E-state index in [1.807, 2.05) is 0 Å². The molecule has 1 amide bonds. The lowest BCUT2D eigenvalue weighted by Gasteiger charge is -2.43. The molecule has 1 heterocycles. The zero-order valence-corrected chi connectivity index (χ0v) is 13.0. The highest BCUT2D eigenvalue weighted by Gasteiger charge is 2.48. The Morgan fingerprint density at radius 2 is 1.59 bits per heavy atom. The lowest BCUT2D eigenvalue weighted by molar-refractivity contribution is -0.125. The van der Waals surface area contributed by atoms with Crippen LogP contribution < -0.4 is 5.32 Å². The van der Waals surface area contributed by atoms with Crippen LogP contribution in [0.3, 0.4) is 0 Å². The second-order valence-corrected chi connectivity index (χ2v) is 11.4. The van der Waals surface area contributed by atoms with E-state index in [-0.39, 0.29) is 12.0 Å². The highest BCUT2D eigenvalue weighted by atomic mass is 28.4. The van der Waals surface area contributed by atoms with Crippen molar-refractivity contribution in [2.75, 3.05) is 6.54 Å². The summed E-state index contributed by atoms with van der Waals surface area (Å²) in [5.41, 5.74) is 1.61. The van der Waals surface area contributed by atoms with E-state index in [2.05, 4.69) is 46.9 Å². The Kier molecular flexibility index (Phi) is 4.78. The van der Waals surface area contributed by atoms with Gasteiger partial charge in [0.2, 0.25) is 14.2 Å². The molecule has 0 aliphatic carbocycles. The maximum Gasteiger partial charge on any atom is 0.247 e. The Morgan fingerprint density at radius 3 is 1.88 bits per heavy atom. The molecule has 1 aliphatic rings. The fourth-order valence-corrected chi connectivity index (χ4v) is 8.87. The van der Waals surface area contributed by atoms with Crippen LogP contribution in [-0.2, 0) is 9.22 Å². The smallest absolute Gasteiger partial charge is 0.247 e. The summed E-state index contributed by atoms with van der Waals surface area (Å²) < 4.78 is 6.42. The molecular weight excluding hydrogens is 230 g/mol. The normalized spacial score (nSPS) is 21.7. The van der Waals surface area contributed by atoms with E-state index in [1.165, 1.54) is 0 Å². The van der Waals surface area contributed by atoms with Crippen molar-refractivity contribution in [2.45, 2.75) is 70.7 Å². The van der Waals surface area contributed by atoms with Crippen LogP contribution in [0.25, 0.3) is 0 Å². The number of hydrogen-bond donors (Lipinski definition) is 1. The third-order valence-corrected chi connectivity index (χ3v) is 10.2. The van der Waals surface area contributed by atoms with Gasteiger partial charge in [0.15, 0.2) is 0 Å². The van der Waals surface area contributed by atoms with Crippen molar-refractivity contribution >= 4 is 14.2 Å². The van der Waals surface area contributed by atoms with Crippen molar-refractivity contribution in [3.8, 4) is 0 Å². The molecule has 0 aromatic carbocycles. The maximum absolute atomic E-state index is 11.7. The Morgan fingerprint density at radius 1 is 1.12 bits per heavy atom. The molecular formula is C13H27NO2Si. The average Bonchev–Trinajstić information content (AvgIpc) is 2.58. The van der Waals surface area contributed by atoms with Crippen LogP contribution in [0.1, 0.15) is 48.0 Å². The van der Waals surface area contributed by atoms with E-state index in [9.17, 15) is 4.79 Å². The molecule has 1 atom stereocenters. The summed E-state index contributed by atoms with van der Waals surface area (Å²) in [4.78, 5) is 11.7. The van der Waals surface area contributed by atoms with Crippen LogP contribution >= 0.6 is 0 Å². The third kappa shape index (κ3) is 2.73. The fourth-order valence-electron chi connectivity index (χ4n) is 3.34. The lowest BCUT2D eigenvalue weighted by atomic mass is 10.3. The van der Waals surface area contributed by atoms with Gasteiger partial charge in [-0.15, -0.1) is 0 Å². The molecule has 1 N–H and O–H groups in total. The van der Waals surface area contributed by atoms with Crippen LogP contribution in [0, 0.1) is 0 Å². The standard InChI is InChI=1S/C13H27NO2Si/c1-9(2)17(10(3)4,11(5)6)16-12-7-8-14-13(12)15/h9-12H,7-8H2,1-6H3,(H,14,15). The molecule has 100 valence electrons. The first-order valence-corrected chi connectivity index (χ1v) is 8.91. The number of nitrogens with one attached hydrogen (secondary N) is 1. The number of hydrogen-bond acceptors (Lipinski definition) is 2. The second kappa shape index (κ2) is 5.53. The summed E-state index contributed by atoms with van der Waals surface area (Å²) >= 11 is 0.